The second-order valence-electron chi connectivity index (χ2n) is 17.5. The molecule has 4 aromatic carbocycles. The van der Waals surface area contributed by atoms with Gasteiger partial charge in [0.2, 0.25) is 12.6 Å². The van der Waals surface area contributed by atoms with Crippen molar-refractivity contribution in [2.24, 2.45) is 22.9 Å². The SMILES string of the molecule is C=CCOC12Oc3ccc(OC(=O)Nc4ccc(OC)cc4OC)cc3C3C(CCCCO)C(CCCCO)C=C(C(=NOC)CC1N(Cc1ccc4c(c1)OCO4)C(=O)Oc1ccc([N+](=O)[O-])cc1)C32. The van der Waals surface area contributed by atoms with Gasteiger partial charge in [0.05, 0.1) is 43.1 Å². The molecule has 2 aliphatic carbocycles. The van der Waals surface area contributed by atoms with Crippen LogP contribution in [0.15, 0.2) is 108 Å². The van der Waals surface area contributed by atoms with Crippen LogP contribution in [0.2, 0.25) is 0 Å². The van der Waals surface area contributed by atoms with Gasteiger partial charge >= 0.3 is 12.2 Å². The number of nitrogens with one attached hydrogen (secondary N) is 1. The molecule has 6 unspecified atom stereocenters. The van der Waals surface area contributed by atoms with Gasteiger partial charge in [0.15, 0.2) is 11.5 Å². The molecule has 19 heteroatoms. The zero-order chi connectivity index (χ0) is 50.1. The van der Waals surface area contributed by atoms with Crippen molar-refractivity contribution < 1.29 is 67.5 Å². The van der Waals surface area contributed by atoms with E-state index >= 15 is 4.79 Å². The Labute approximate surface area is 410 Å². The van der Waals surface area contributed by atoms with Crippen LogP contribution in [-0.2, 0) is 16.1 Å². The summed E-state index contributed by atoms with van der Waals surface area (Å²) in [6.45, 7) is 3.97. The molecule has 1 saturated carbocycles. The first-order chi connectivity index (χ1) is 34.5. The Morgan fingerprint density at radius 2 is 1.62 bits per heavy atom. The van der Waals surface area contributed by atoms with Crippen LogP contribution in [0.1, 0.15) is 62.0 Å². The fourth-order valence-electron chi connectivity index (χ4n) is 10.3. The number of amides is 2. The third-order valence-corrected chi connectivity index (χ3v) is 13.4. The standard InChI is InChI=1S/C52H58N4O15/c1-5-24-68-52-47(55(30-32-12-20-44-46(25-32)67-31-66-44)51(60)70-35-15-13-34(14-16-35)56(61)62)29-42(54-65-4)39-26-33(10-6-8-22-57)38(11-7-9-23-58)48(49(39)52)40-27-37(18-21-43(40)71-52)69-50(59)53-41-19-17-36(63-2)28-45(41)64-3/h5,12-21,25-28,33,38,47-49,57-58H,1,6-11,22-24,29-31H2,2-4H3,(H,53,59). The van der Waals surface area contributed by atoms with Gasteiger partial charge in [0.1, 0.15) is 41.9 Å². The number of benzene rings is 4. The van der Waals surface area contributed by atoms with Crippen molar-refractivity contribution >= 4 is 29.3 Å². The van der Waals surface area contributed by atoms with Crippen LogP contribution in [0.5, 0.6) is 40.2 Å². The lowest BCUT2D eigenvalue weighted by molar-refractivity contribution is -0.384. The minimum absolute atomic E-state index is 0.00629. The Balaban J connectivity index is 1.28. The van der Waals surface area contributed by atoms with Crippen LogP contribution >= 0.6 is 0 Å². The summed E-state index contributed by atoms with van der Waals surface area (Å²) in [7, 11) is 4.45. The lowest BCUT2D eigenvalue weighted by atomic mass is 9.55. The van der Waals surface area contributed by atoms with E-state index < -0.39 is 40.8 Å². The molecule has 6 atom stereocenters. The number of nitro benzene ring substituents is 1. The number of fused-ring (bicyclic) bond motifs is 3. The summed E-state index contributed by atoms with van der Waals surface area (Å²) >= 11 is 0. The molecule has 1 fully saturated rings. The Bertz CT molecular complexity index is 2640. The second kappa shape index (κ2) is 22.6. The molecule has 0 radical (unpaired) electrons. The van der Waals surface area contributed by atoms with Crippen LogP contribution in [0.25, 0.3) is 0 Å². The van der Waals surface area contributed by atoms with Crippen LogP contribution in [0.4, 0.5) is 21.0 Å². The number of hydrogen-bond donors (Lipinski definition) is 3. The summed E-state index contributed by atoms with van der Waals surface area (Å²) in [5, 5.41) is 38.9. The molecule has 2 amide bonds. The highest BCUT2D eigenvalue weighted by molar-refractivity contribution is 6.03. The summed E-state index contributed by atoms with van der Waals surface area (Å²) < 4.78 is 48.6. The maximum Gasteiger partial charge on any atom is 0.417 e. The number of carbonyl (C=O) groups excluding carboxylic acids is 2. The minimum Gasteiger partial charge on any atom is -0.497 e. The first-order valence-corrected chi connectivity index (χ1v) is 23.5. The molecule has 8 rings (SSSR count). The molecule has 2 heterocycles. The average Bonchev–Trinajstić information content (AvgIpc) is 3.85. The molecule has 0 aromatic heterocycles. The van der Waals surface area contributed by atoms with E-state index in [9.17, 15) is 25.1 Å². The molecular formula is C52H58N4O15. The van der Waals surface area contributed by atoms with Gasteiger partial charge in [-0.05, 0) is 103 Å². The van der Waals surface area contributed by atoms with E-state index in [0.717, 1.165) is 12.0 Å². The zero-order valence-electron chi connectivity index (χ0n) is 39.8. The molecule has 71 heavy (non-hydrogen) atoms. The van der Waals surface area contributed by atoms with Crippen molar-refractivity contribution in [3.63, 3.8) is 0 Å². The van der Waals surface area contributed by atoms with Crippen molar-refractivity contribution in [3.05, 3.63) is 124 Å². The quantitative estimate of drug-likeness (QED) is 0.0306. The predicted octanol–water partition coefficient (Wildman–Crippen LogP) is 8.92. The van der Waals surface area contributed by atoms with E-state index in [0.29, 0.717) is 83.4 Å². The van der Waals surface area contributed by atoms with Crippen LogP contribution in [0, 0.1) is 27.9 Å². The number of nitro groups is 1. The summed E-state index contributed by atoms with van der Waals surface area (Å²) in [4.78, 5) is 46.8. The molecule has 2 aliphatic heterocycles. The van der Waals surface area contributed by atoms with Gasteiger partial charge in [-0.2, -0.15) is 0 Å². The number of allylic oxidation sites excluding steroid dienone is 1. The topological polar surface area (TPSA) is 228 Å². The van der Waals surface area contributed by atoms with Gasteiger partial charge in [0.25, 0.3) is 5.69 Å². The lowest BCUT2D eigenvalue weighted by Crippen LogP contribution is -2.70. The molecule has 376 valence electrons. The second-order valence-corrected chi connectivity index (χ2v) is 17.5. The van der Waals surface area contributed by atoms with Gasteiger partial charge in [-0.15, -0.1) is 6.58 Å². The molecule has 4 aromatic rings. The number of rotatable bonds is 21. The first kappa shape index (κ1) is 50.1. The Hall–Kier alpha value is -7.35. The van der Waals surface area contributed by atoms with E-state index in [2.05, 4.69) is 23.1 Å². The highest BCUT2D eigenvalue weighted by Crippen LogP contribution is 2.62. The van der Waals surface area contributed by atoms with E-state index in [-0.39, 0.29) is 68.6 Å². The Morgan fingerprint density at radius 3 is 2.34 bits per heavy atom. The summed E-state index contributed by atoms with van der Waals surface area (Å²) in [5.41, 5.74) is 2.83. The molecule has 0 saturated heterocycles. The number of non-ortho nitro benzene ring substituents is 1. The number of nitrogens with zero attached hydrogens (tertiary/aromatic N) is 3. The third kappa shape index (κ3) is 10.7. The smallest absolute Gasteiger partial charge is 0.417 e. The predicted molar refractivity (Wildman–Crippen MR) is 258 cm³/mol. The number of carbonyl (C=O) groups is 2. The van der Waals surface area contributed by atoms with Crippen molar-refractivity contribution in [3.8, 4) is 40.2 Å². The molecular weight excluding hydrogens is 921 g/mol. The van der Waals surface area contributed by atoms with Crippen molar-refractivity contribution in [2.45, 2.75) is 69.2 Å². The Kier molecular flexibility index (Phi) is 15.9. The maximum absolute atomic E-state index is 15.1. The molecule has 3 N–H and O–H groups in total. The van der Waals surface area contributed by atoms with Gasteiger partial charge in [0, 0.05) is 55.9 Å². The van der Waals surface area contributed by atoms with E-state index in [1.54, 1.807) is 54.6 Å². The fraction of sp³-hybridized carbons (Fsp3) is 0.404. The van der Waals surface area contributed by atoms with Gasteiger partial charge in [-0.1, -0.05) is 36.2 Å². The zero-order valence-corrected chi connectivity index (χ0v) is 39.8. The lowest BCUT2D eigenvalue weighted by Gasteiger charge is -2.59. The van der Waals surface area contributed by atoms with E-state index in [1.807, 2.05) is 6.07 Å². The van der Waals surface area contributed by atoms with Crippen molar-refractivity contribution in [1.82, 2.24) is 4.90 Å². The summed E-state index contributed by atoms with van der Waals surface area (Å²) in [6, 6.07) is 19.6. The third-order valence-electron chi connectivity index (χ3n) is 13.4. The normalized spacial score (nSPS) is 21.9. The van der Waals surface area contributed by atoms with Crippen molar-refractivity contribution in [1.29, 1.82) is 0 Å². The highest BCUT2D eigenvalue weighted by atomic mass is 16.7. The van der Waals surface area contributed by atoms with Crippen LogP contribution in [-0.4, -0.2) is 97.7 Å². The largest absolute Gasteiger partial charge is 0.497 e. The number of unbranched alkanes of at least 4 members (excludes halogenated alkanes) is 2. The number of methoxy groups -OCH3 is 2. The number of aliphatic hydroxyl groups excluding tert-OH is 2. The molecule has 19 nitrogen and oxygen atoms in total. The van der Waals surface area contributed by atoms with Gasteiger partial charge < -0.3 is 52.9 Å². The van der Waals surface area contributed by atoms with Crippen LogP contribution < -0.4 is 38.5 Å². The minimum atomic E-state index is -1.69. The molecule has 0 bridgehead atoms. The number of anilines is 1. The maximum atomic E-state index is 15.1. The van der Waals surface area contributed by atoms with Crippen LogP contribution in [0.3, 0.4) is 0 Å². The molecule has 0 spiro atoms. The van der Waals surface area contributed by atoms with Crippen molar-refractivity contribution in [2.75, 3.05) is 53.3 Å². The van der Waals surface area contributed by atoms with E-state index in [4.69, 9.17) is 42.7 Å². The highest BCUT2D eigenvalue weighted by Gasteiger charge is 2.66. The number of oxime groups is 1. The monoisotopic (exact) mass is 978 g/mol. The fourth-order valence-corrected chi connectivity index (χ4v) is 10.3. The first-order valence-electron chi connectivity index (χ1n) is 23.5. The van der Waals surface area contributed by atoms with Gasteiger partial charge in [-0.25, -0.2) is 9.59 Å². The van der Waals surface area contributed by atoms with Gasteiger partial charge in [-0.3, -0.25) is 20.3 Å². The number of ether oxygens (including phenoxy) is 8. The number of aliphatic hydroxyl groups is 2. The summed E-state index contributed by atoms with van der Waals surface area (Å²) in [5.74, 6) is -0.477. The molecule has 4 aliphatic rings. The van der Waals surface area contributed by atoms with E-state index in [1.165, 1.54) is 50.5 Å². The average molecular weight is 979 g/mol. The number of hydrogen-bond acceptors (Lipinski definition) is 16. The Morgan fingerprint density at radius 1 is 0.887 bits per heavy atom. The summed E-state index contributed by atoms with van der Waals surface area (Å²) in [6.07, 6.45) is 6.12.